The van der Waals surface area contributed by atoms with Crippen molar-refractivity contribution < 1.29 is 13.2 Å². The zero-order valence-electron chi connectivity index (χ0n) is 13.4. The van der Waals surface area contributed by atoms with Crippen LogP contribution in [0.5, 0.6) is 0 Å². The van der Waals surface area contributed by atoms with Gasteiger partial charge >= 0.3 is 6.03 Å². The topological polar surface area (TPSA) is 78.5 Å². The summed E-state index contributed by atoms with van der Waals surface area (Å²) in [6.45, 7) is 0.744. The Morgan fingerprint density at radius 3 is 2.58 bits per heavy atom. The first-order valence-corrected chi connectivity index (χ1v) is 10.3. The lowest BCUT2D eigenvalue weighted by Crippen LogP contribution is -2.43. The fraction of sp³-hybridized carbons (Fsp3) is 0.533. The van der Waals surface area contributed by atoms with Crippen LogP contribution in [0.4, 0.5) is 4.79 Å². The Bertz CT molecular complexity index is 693. The van der Waals surface area contributed by atoms with E-state index in [1.807, 2.05) is 0 Å². The molecule has 0 atom stereocenters. The van der Waals surface area contributed by atoms with Gasteiger partial charge in [-0.05, 0) is 37.0 Å². The van der Waals surface area contributed by atoms with E-state index in [-0.39, 0.29) is 31.7 Å². The minimum absolute atomic E-state index is 0.210. The summed E-state index contributed by atoms with van der Waals surface area (Å²) in [6.07, 6.45) is 3.63. The lowest BCUT2D eigenvalue weighted by molar-refractivity contribution is 0.239. The first-order chi connectivity index (χ1) is 11.3. The van der Waals surface area contributed by atoms with E-state index >= 15 is 0 Å². The molecule has 0 heterocycles. The number of nitrogens with one attached hydrogen (secondary N) is 2. The molecule has 1 saturated carbocycles. The lowest BCUT2D eigenvalue weighted by Gasteiger charge is -2.20. The Balaban J connectivity index is 1.84. The number of carbonyl (C=O) groups excluding carboxylic acids is 1. The third-order valence-electron chi connectivity index (χ3n) is 3.67. The number of hydrogen-bond acceptors (Lipinski definition) is 3. The van der Waals surface area contributed by atoms with Gasteiger partial charge in [0.15, 0.2) is 0 Å². The van der Waals surface area contributed by atoms with Crippen molar-refractivity contribution in [2.75, 3.05) is 25.9 Å². The van der Waals surface area contributed by atoms with Crippen molar-refractivity contribution in [3.8, 4) is 0 Å². The molecule has 9 heteroatoms. The fourth-order valence-electron chi connectivity index (χ4n) is 2.17. The van der Waals surface area contributed by atoms with E-state index in [4.69, 9.17) is 23.2 Å². The second kappa shape index (κ2) is 8.38. The van der Waals surface area contributed by atoms with Crippen molar-refractivity contribution in [1.82, 2.24) is 14.9 Å². The maximum Gasteiger partial charge on any atom is 0.315 e. The predicted octanol–water partition coefficient (Wildman–Crippen LogP) is 2.26. The molecular weight excluding hydrogens is 373 g/mol. The van der Waals surface area contributed by atoms with Gasteiger partial charge in [0.1, 0.15) is 0 Å². The molecular formula is C15H21Cl2N3O3S. The molecule has 0 spiro atoms. The summed E-state index contributed by atoms with van der Waals surface area (Å²) in [5.74, 6) is 0. The van der Waals surface area contributed by atoms with Crippen LogP contribution in [-0.2, 0) is 16.4 Å². The summed E-state index contributed by atoms with van der Waals surface area (Å²) in [7, 11) is -3.37. The molecule has 6 nitrogen and oxygen atoms in total. The Morgan fingerprint density at radius 1 is 1.29 bits per heavy atom. The van der Waals surface area contributed by atoms with Gasteiger partial charge in [-0.2, -0.15) is 0 Å². The first-order valence-electron chi connectivity index (χ1n) is 7.69. The highest BCUT2D eigenvalue weighted by atomic mass is 35.5. The highest BCUT2D eigenvalue weighted by molar-refractivity contribution is 7.88. The molecule has 1 aromatic rings. The first kappa shape index (κ1) is 19.3. The molecule has 24 heavy (non-hydrogen) atoms. The Morgan fingerprint density at radius 2 is 2.00 bits per heavy atom. The second-order valence-electron chi connectivity index (χ2n) is 5.82. The molecule has 1 aliphatic rings. The van der Waals surface area contributed by atoms with Crippen LogP contribution in [0, 0.1) is 0 Å². The third-order valence-corrected chi connectivity index (χ3v) is 5.56. The molecule has 1 aliphatic carbocycles. The molecule has 0 aromatic heterocycles. The zero-order valence-corrected chi connectivity index (χ0v) is 15.7. The van der Waals surface area contributed by atoms with Gasteiger partial charge in [0, 0.05) is 35.7 Å². The number of hydrogen-bond donors (Lipinski definition) is 2. The van der Waals surface area contributed by atoms with E-state index in [9.17, 15) is 13.2 Å². The van der Waals surface area contributed by atoms with E-state index < -0.39 is 10.0 Å². The molecule has 2 amide bonds. The van der Waals surface area contributed by atoms with E-state index in [1.54, 1.807) is 18.2 Å². The van der Waals surface area contributed by atoms with E-state index in [2.05, 4.69) is 10.6 Å². The standard InChI is InChI=1S/C15H21Cl2N3O3S/c1-24(22,23)20(9-7-18-15(21)19-13-4-5-13)8-6-11-2-3-12(16)10-14(11)17/h2-3,10,13H,4-9H2,1H3,(H2,18,19,21). The van der Waals surface area contributed by atoms with Gasteiger partial charge < -0.3 is 10.6 Å². The molecule has 0 unspecified atom stereocenters. The van der Waals surface area contributed by atoms with E-state index in [1.165, 1.54) is 4.31 Å². The Hall–Kier alpha value is -1.02. The summed E-state index contributed by atoms with van der Waals surface area (Å²) in [5.41, 5.74) is 0.828. The molecule has 1 aromatic carbocycles. The summed E-state index contributed by atoms with van der Waals surface area (Å²) in [5, 5.41) is 6.51. The third kappa shape index (κ3) is 6.47. The second-order valence-corrected chi connectivity index (χ2v) is 8.65. The highest BCUT2D eigenvalue weighted by Gasteiger charge is 2.23. The molecule has 0 radical (unpaired) electrons. The largest absolute Gasteiger partial charge is 0.337 e. The SMILES string of the molecule is CS(=O)(=O)N(CCNC(=O)NC1CC1)CCc1ccc(Cl)cc1Cl. The number of carbonyl (C=O) groups is 1. The van der Waals surface area contributed by atoms with Crippen LogP contribution in [0.2, 0.25) is 10.0 Å². The number of benzene rings is 1. The normalized spacial score (nSPS) is 14.7. The number of urea groups is 1. The van der Waals surface area contributed by atoms with Crippen molar-refractivity contribution in [2.24, 2.45) is 0 Å². The number of amides is 2. The fourth-order valence-corrected chi connectivity index (χ4v) is 3.52. The van der Waals surface area contributed by atoms with Crippen molar-refractivity contribution in [3.63, 3.8) is 0 Å². The van der Waals surface area contributed by atoms with Gasteiger partial charge in [0.25, 0.3) is 0 Å². The van der Waals surface area contributed by atoms with Crippen LogP contribution in [0.1, 0.15) is 18.4 Å². The Labute approximate surface area is 152 Å². The molecule has 2 N–H and O–H groups in total. The van der Waals surface area contributed by atoms with Gasteiger partial charge in [0.05, 0.1) is 6.26 Å². The van der Waals surface area contributed by atoms with Crippen molar-refractivity contribution in [3.05, 3.63) is 33.8 Å². The van der Waals surface area contributed by atoms with E-state index in [0.29, 0.717) is 16.5 Å². The summed E-state index contributed by atoms with van der Waals surface area (Å²) in [4.78, 5) is 11.6. The van der Waals surface area contributed by atoms with Gasteiger partial charge in [-0.1, -0.05) is 29.3 Å². The monoisotopic (exact) mass is 393 g/mol. The maximum absolute atomic E-state index is 11.9. The molecule has 0 saturated heterocycles. The van der Waals surface area contributed by atoms with Gasteiger partial charge in [-0.15, -0.1) is 0 Å². The van der Waals surface area contributed by atoms with Crippen molar-refractivity contribution in [2.45, 2.75) is 25.3 Å². The Kier molecular flexibility index (Phi) is 6.74. The number of rotatable bonds is 8. The molecule has 1 fully saturated rings. The van der Waals surface area contributed by atoms with Crippen LogP contribution >= 0.6 is 23.2 Å². The van der Waals surface area contributed by atoms with Crippen LogP contribution in [0.3, 0.4) is 0 Å². The molecule has 0 aliphatic heterocycles. The maximum atomic E-state index is 11.9. The van der Waals surface area contributed by atoms with Gasteiger partial charge in [-0.25, -0.2) is 17.5 Å². The van der Waals surface area contributed by atoms with Crippen LogP contribution in [0.15, 0.2) is 18.2 Å². The summed E-state index contributed by atoms with van der Waals surface area (Å²) in [6, 6.07) is 5.14. The molecule has 134 valence electrons. The summed E-state index contributed by atoms with van der Waals surface area (Å²) < 4.78 is 25.1. The minimum atomic E-state index is -3.37. The molecule has 2 rings (SSSR count). The smallest absolute Gasteiger partial charge is 0.315 e. The van der Waals surface area contributed by atoms with Gasteiger partial charge in [-0.3, -0.25) is 0 Å². The van der Waals surface area contributed by atoms with Crippen LogP contribution in [0.25, 0.3) is 0 Å². The van der Waals surface area contributed by atoms with Crippen molar-refractivity contribution in [1.29, 1.82) is 0 Å². The number of sulfonamides is 1. The average molecular weight is 394 g/mol. The van der Waals surface area contributed by atoms with Crippen molar-refractivity contribution >= 4 is 39.3 Å². The predicted molar refractivity (Wildman–Crippen MR) is 96.1 cm³/mol. The molecule has 0 bridgehead atoms. The summed E-state index contributed by atoms with van der Waals surface area (Å²) >= 11 is 12.0. The zero-order chi connectivity index (χ0) is 17.7. The van der Waals surface area contributed by atoms with E-state index in [0.717, 1.165) is 24.7 Å². The number of halogens is 2. The highest BCUT2D eigenvalue weighted by Crippen LogP contribution is 2.21. The van der Waals surface area contributed by atoms with Crippen LogP contribution < -0.4 is 10.6 Å². The minimum Gasteiger partial charge on any atom is -0.337 e. The quantitative estimate of drug-likeness (QED) is 0.710. The number of nitrogens with zero attached hydrogens (tertiary/aromatic N) is 1. The van der Waals surface area contributed by atoms with Crippen LogP contribution in [-0.4, -0.2) is 50.7 Å². The average Bonchev–Trinajstić information content (AvgIpc) is 3.26. The lowest BCUT2D eigenvalue weighted by atomic mass is 10.1. The van der Waals surface area contributed by atoms with Gasteiger partial charge in [0.2, 0.25) is 10.0 Å².